The summed E-state index contributed by atoms with van der Waals surface area (Å²) in [7, 11) is 3.52. The number of rotatable bonds is 6. The molecule has 2 aromatic carbocycles. The molecular formula is C23H30ClN3O2. The zero-order chi connectivity index (χ0) is 20.7. The fraction of sp³-hybridized carbons (Fsp3) is 0.435. The molecule has 1 aliphatic rings. The summed E-state index contributed by atoms with van der Waals surface area (Å²) in [6.45, 7) is 4.96. The normalized spacial score (nSPS) is 16.3. The molecule has 1 heterocycles. The van der Waals surface area contributed by atoms with Gasteiger partial charge in [-0.3, -0.25) is 4.99 Å². The first-order valence-corrected chi connectivity index (χ1v) is 10.4. The molecule has 0 saturated carbocycles. The van der Waals surface area contributed by atoms with E-state index in [2.05, 4.69) is 40.7 Å². The Hall–Kier alpha value is -2.24. The van der Waals surface area contributed by atoms with E-state index in [1.807, 2.05) is 24.3 Å². The van der Waals surface area contributed by atoms with Gasteiger partial charge >= 0.3 is 0 Å². The molecule has 0 aliphatic carbocycles. The number of nitrogens with one attached hydrogen (secondary N) is 2. The van der Waals surface area contributed by atoms with Gasteiger partial charge in [0.1, 0.15) is 5.75 Å². The molecule has 1 aliphatic heterocycles. The van der Waals surface area contributed by atoms with Crippen LogP contribution < -0.4 is 15.4 Å². The standard InChI is InChI=1S/C23H30ClN3O2/c1-17-8-9-21(28-3)19(14-17)23(10-12-29-13-11-23)16-27-22(25-2)26-15-18-6-4-5-7-20(18)24/h4-9,14H,10-13,15-16H2,1-3H3,(H2,25,26,27). The molecule has 0 amide bonds. The van der Waals surface area contributed by atoms with Crippen LogP contribution in [0, 0.1) is 6.92 Å². The lowest BCUT2D eigenvalue weighted by Gasteiger charge is -2.39. The van der Waals surface area contributed by atoms with Crippen LogP contribution in [0.1, 0.15) is 29.5 Å². The average Bonchev–Trinajstić information content (AvgIpc) is 2.75. The largest absolute Gasteiger partial charge is 0.496 e. The number of methoxy groups -OCH3 is 1. The van der Waals surface area contributed by atoms with Crippen molar-refractivity contribution < 1.29 is 9.47 Å². The van der Waals surface area contributed by atoms with E-state index in [1.165, 1.54) is 11.1 Å². The summed E-state index contributed by atoms with van der Waals surface area (Å²) in [4.78, 5) is 4.39. The van der Waals surface area contributed by atoms with Crippen molar-refractivity contribution in [3.05, 3.63) is 64.2 Å². The van der Waals surface area contributed by atoms with Crippen molar-refractivity contribution in [2.24, 2.45) is 4.99 Å². The van der Waals surface area contributed by atoms with Gasteiger partial charge in [0.25, 0.3) is 0 Å². The third kappa shape index (κ3) is 5.22. The number of halogens is 1. The van der Waals surface area contributed by atoms with Crippen molar-refractivity contribution in [2.45, 2.75) is 31.7 Å². The molecule has 6 heteroatoms. The van der Waals surface area contributed by atoms with Crippen LogP contribution in [-0.2, 0) is 16.7 Å². The molecule has 1 saturated heterocycles. The van der Waals surface area contributed by atoms with Crippen molar-refractivity contribution in [2.75, 3.05) is 33.9 Å². The number of aryl methyl sites for hydroxylation is 1. The fourth-order valence-corrected chi connectivity index (χ4v) is 4.04. The summed E-state index contributed by atoms with van der Waals surface area (Å²) < 4.78 is 11.4. The predicted octanol–water partition coefficient (Wildman–Crippen LogP) is 4.07. The van der Waals surface area contributed by atoms with Gasteiger partial charge in [-0.1, -0.05) is 47.5 Å². The van der Waals surface area contributed by atoms with Crippen LogP contribution in [0.5, 0.6) is 5.75 Å². The quantitative estimate of drug-likeness (QED) is 0.551. The maximum atomic E-state index is 6.27. The lowest BCUT2D eigenvalue weighted by atomic mass is 9.73. The van der Waals surface area contributed by atoms with Crippen LogP contribution in [0.3, 0.4) is 0 Å². The molecule has 2 aromatic rings. The predicted molar refractivity (Wildman–Crippen MR) is 119 cm³/mol. The van der Waals surface area contributed by atoms with E-state index in [1.54, 1.807) is 14.2 Å². The zero-order valence-corrected chi connectivity index (χ0v) is 18.2. The van der Waals surface area contributed by atoms with Gasteiger partial charge in [0, 0.05) is 49.4 Å². The Balaban J connectivity index is 1.75. The highest BCUT2D eigenvalue weighted by atomic mass is 35.5. The number of ether oxygens (including phenoxy) is 2. The minimum atomic E-state index is -0.0718. The number of guanidine groups is 1. The second-order valence-corrected chi connectivity index (χ2v) is 7.87. The van der Waals surface area contributed by atoms with Gasteiger partial charge < -0.3 is 20.1 Å². The SMILES string of the molecule is CN=C(NCc1ccccc1Cl)NCC1(c2cc(C)ccc2OC)CCOCC1. The van der Waals surface area contributed by atoms with Gasteiger partial charge in [0.15, 0.2) is 5.96 Å². The highest BCUT2D eigenvalue weighted by Gasteiger charge is 2.37. The van der Waals surface area contributed by atoms with Crippen LogP contribution in [0.2, 0.25) is 5.02 Å². The summed E-state index contributed by atoms with van der Waals surface area (Å²) in [5.41, 5.74) is 3.43. The number of hydrogen-bond donors (Lipinski definition) is 2. The fourth-order valence-electron chi connectivity index (χ4n) is 3.83. The third-order valence-corrected chi connectivity index (χ3v) is 5.97. The Labute approximate surface area is 178 Å². The monoisotopic (exact) mass is 415 g/mol. The van der Waals surface area contributed by atoms with E-state index in [4.69, 9.17) is 21.1 Å². The van der Waals surface area contributed by atoms with Gasteiger partial charge in [0.2, 0.25) is 0 Å². The molecule has 0 radical (unpaired) electrons. The maximum Gasteiger partial charge on any atom is 0.191 e. The smallest absolute Gasteiger partial charge is 0.191 e. The second kappa shape index (κ2) is 9.99. The molecule has 3 rings (SSSR count). The van der Waals surface area contributed by atoms with Crippen molar-refractivity contribution in [3.8, 4) is 5.75 Å². The minimum absolute atomic E-state index is 0.0718. The first-order valence-electron chi connectivity index (χ1n) is 9.99. The molecule has 5 nitrogen and oxygen atoms in total. The summed E-state index contributed by atoms with van der Waals surface area (Å²) >= 11 is 6.27. The maximum absolute atomic E-state index is 6.27. The first kappa shape index (κ1) is 21.5. The summed E-state index contributed by atoms with van der Waals surface area (Å²) in [6.07, 6.45) is 1.86. The molecular weight excluding hydrogens is 386 g/mol. The molecule has 0 unspecified atom stereocenters. The van der Waals surface area contributed by atoms with Crippen molar-refractivity contribution in [1.29, 1.82) is 0 Å². The molecule has 29 heavy (non-hydrogen) atoms. The molecule has 0 spiro atoms. The molecule has 0 atom stereocenters. The number of hydrogen-bond acceptors (Lipinski definition) is 3. The molecule has 2 N–H and O–H groups in total. The Morgan fingerprint density at radius 2 is 1.93 bits per heavy atom. The first-order chi connectivity index (χ1) is 14.1. The molecule has 0 bridgehead atoms. The lowest BCUT2D eigenvalue weighted by Crippen LogP contribution is -2.48. The Kier molecular flexibility index (Phi) is 7.40. The van der Waals surface area contributed by atoms with Crippen LogP contribution in [-0.4, -0.2) is 39.9 Å². The third-order valence-electron chi connectivity index (χ3n) is 5.60. The Bertz CT molecular complexity index is 848. The second-order valence-electron chi connectivity index (χ2n) is 7.47. The summed E-state index contributed by atoms with van der Waals surface area (Å²) in [5.74, 6) is 1.68. The highest BCUT2D eigenvalue weighted by molar-refractivity contribution is 6.31. The average molecular weight is 416 g/mol. The molecule has 0 aromatic heterocycles. The number of benzene rings is 2. The van der Waals surface area contributed by atoms with E-state index in [-0.39, 0.29) is 5.41 Å². The molecule has 1 fully saturated rings. The van der Waals surface area contributed by atoms with Crippen molar-refractivity contribution in [3.63, 3.8) is 0 Å². The van der Waals surface area contributed by atoms with Crippen molar-refractivity contribution in [1.82, 2.24) is 10.6 Å². The van der Waals surface area contributed by atoms with E-state index >= 15 is 0 Å². The van der Waals surface area contributed by atoms with Gasteiger partial charge in [-0.25, -0.2) is 0 Å². The van der Waals surface area contributed by atoms with Gasteiger partial charge in [-0.05, 0) is 37.5 Å². The molecule has 156 valence electrons. The summed E-state index contributed by atoms with van der Waals surface area (Å²) in [5, 5.41) is 7.64. The van der Waals surface area contributed by atoms with Crippen LogP contribution in [0.25, 0.3) is 0 Å². The Morgan fingerprint density at radius 1 is 1.17 bits per heavy atom. The van der Waals surface area contributed by atoms with E-state index in [9.17, 15) is 0 Å². The Morgan fingerprint density at radius 3 is 2.62 bits per heavy atom. The highest BCUT2D eigenvalue weighted by Crippen LogP contribution is 2.40. The number of aliphatic imine (C=N–C) groups is 1. The van der Waals surface area contributed by atoms with Crippen LogP contribution in [0.15, 0.2) is 47.5 Å². The lowest BCUT2D eigenvalue weighted by molar-refractivity contribution is 0.0505. The summed E-state index contributed by atoms with van der Waals surface area (Å²) in [6, 6.07) is 14.2. The zero-order valence-electron chi connectivity index (χ0n) is 17.4. The van der Waals surface area contributed by atoms with Crippen molar-refractivity contribution >= 4 is 17.6 Å². The van der Waals surface area contributed by atoms with E-state index < -0.39 is 0 Å². The van der Waals surface area contributed by atoms with E-state index in [0.29, 0.717) is 6.54 Å². The van der Waals surface area contributed by atoms with Gasteiger partial charge in [-0.2, -0.15) is 0 Å². The van der Waals surface area contributed by atoms with Gasteiger partial charge in [-0.15, -0.1) is 0 Å². The number of nitrogens with zero attached hydrogens (tertiary/aromatic N) is 1. The topological polar surface area (TPSA) is 54.9 Å². The van der Waals surface area contributed by atoms with Crippen LogP contribution in [0.4, 0.5) is 0 Å². The van der Waals surface area contributed by atoms with Gasteiger partial charge in [0.05, 0.1) is 7.11 Å². The van der Waals surface area contributed by atoms with Crippen LogP contribution >= 0.6 is 11.6 Å². The minimum Gasteiger partial charge on any atom is -0.496 e. The van der Waals surface area contributed by atoms with E-state index in [0.717, 1.165) is 54.9 Å².